The third-order valence-corrected chi connectivity index (χ3v) is 4.50. The highest BCUT2D eigenvalue weighted by atomic mass is 19.4. The van der Waals surface area contributed by atoms with E-state index in [1.807, 2.05) is 0 Å². The molecule has 12 heteroatoms. The fraction of sp³-hybridized carbons (Fsp3) is 0.318. The molecule has 0 spiro atoms. The van der Waals surface area contributed by atoms with Gasteiger partial charge in [0.2, 0.25) is 0 Å². The third kappa shape index (κ3) is 7.22. The zero-order chi connectivity index (χ0) is 25.5. The Hall–Kier alpha value is -3.57. The molecule has 0 aliphatic heterocycles. The SMILES string of the molecule is CO/N=C(/C(=O)OC)c1cccc(C)c1CO/N=C(\CC(F)(F)F)c1cccc(C(F)(F)F)c1. The van der Waals surface area contributed by atoms with Crippen molar-refractivity contribution in [3.8, 4) is 0 Å². The Bertz CT molecular complexity index is 1080. The fourth-order valence-corrected chi connectivity index (χ4v) is 2.93. The van der Waals surface area contributed by atoms with Crippen LogP contribution in [0.2, 0.25) is 0 Å². The van der Waals surface area contributed by atoms with Crippen LogP contribution in [0.15, 0.2) is 52.8 Å². The average Bonchev–Trinajstić information content (AvgIpc) is 2.76. The van der Waals surface area contributed by atoms with Crippen LogP contribution in [0.4, 0.5) is 26.3 Å². The molecular formula is C22H20F6N2O4. The van der Waals surface area contributed by atoms with Crippen LogP contribution in [0.25, 0.3) is 0 Å². The Morgan fingerprint density at radius 3 is 2.24 bits per heavy atom. The molecule has 0 aliphatic carbocycles. The van der Waals surface area contributed by atoms with Crippen molar-refractivity contribution in [1.29, 1.82) is 0 Å². The first-order chi connectivity index (χ1) is 15.9. The lowest BCUT2D eigenvalue weighted by molar-refractivity contribution is -0.137. The summed E-state index contributed by atoms with van der Waals surface area (Å²) < 4.78 is 83.0. The van der Waals surface area contributed by atoms with Gasteiger partial charge in [-0.2, -0.15) is 26.3 Å². The molecule has 34 heavy (non-hydrogen) atoms. The second-order valence-corrected chi connectivity index (χ2v) is 6.90. The number of aryl methyl sites for hydroxylation is 1. The van der Waals surface area contributed by atoms with Crippen molar-refractivity contribution >= 4 is 17.4 Å². The Labute approximate surface area is 190 Å². The Kier molecular flexibility index (Phi) is 8.66. The van der Waals surface area contributed by atoms with E-state index in [0.717, 1.165) is 25.3 Å². The van der Waals surface area contributed by atoms with Crippen LogP contribution in [0.1, 0.15) is 34.2 Å². The highest BCUT2D eigenvalue weighted by Crippen LogP contribution is 2.31. The maximum absolute atomic E-state index is 13.1. The molecule has 184 valence electrons. The first-order valence-corrected chi connectivity index (χ1v) is 9.59. The number of benzene rings is 2. The molecule has 0 aromatic heterocycles. The smallest absolute Gasteiger partial charge is 0.416 e. The number of esters is 1. The number of hydrogen-bond donors (Lipinski definition) is 0. The van der Waals surface area contributed by atoms with Crippen molar-refractivity contribution in [2.45, 2.75) is 32.3 Å². The second kappa shape index (κ2) is 11.0. The van der Waals surface area contributed by atoms with Crippen LogP contribution < -0.4 is 0 Å². The number of methoxy groups -OCH3 is 1. The second-order valence-electron chi connectivity index (χ2n) is 6.90. The van der Waals surface area contributed by atoms with Gasteiger partial charge < -0.3 is 14.4 Å². The van der Waals surface area contributed by atoms with E-state index in [2.05, 4.69) is 19.9 Å². The fourth-order valence-electron chi connectivity index (χ4n) is 2.93. The van der Waals surface area contributed by atoms with E-state index in [1.54, 1.807) is 19.1 Å². The molecule has 0 N–H and O–H groups in total. The molecule has 0 saturated heterocycles. The maximum Gasteiger partial charge on any atom is 0.416 e. The summed E-state index contributed by atoms with van der Waals surface area (Å²) in [6, 6.07) is 8.09. The summed E-state index contributed by atoms with van der Waals surface area (Å²) in [6.45, 7) is 1.24. The van der Waals surface area contributed by atoms with Gasteiger partial charge in [0.1, 0.15) is 13.7 Å². The van der Waals surface area contributed by atoms with Gasteiger partial charge in [0, 0.05) is 16.7 Å². The number of nitrogens with zero attached hydrogens (tertiary/aromatic N) is 2. The highest BCUT2D eigenvalue weighted by molar-refractivity contribution is 6.43. The molecule has 0 unspecified atom stereocenters. The largest absolute Gasteiger partial charge is 0.464 e. The third-order valence-electron chi connectivity index (χ3n) is 4.50. The summed E-state index contributed by atoms with van der Waals surface area (Å²) >= 11 is 0. The van der Waals surface area contributed by atoms with Gasteiger partial charge in [-0.1, -0.05) is 40.6 Å². The Morgan fingerprint density at radius 2 is 1.65 bits per heavy atom. The van der Waals surface area contributed by atoms with E-state index in [0.29, 0.717) is 17.2 Å². The standard InChI is InChI=1S/C22H20F6N2O4/c1-13-6-4-9-16(19(30-33-3)20(31)32-2)17(13)12-34-29-18(11-21(23,24)25)14-7-5-8-15(10-14)22(26,27)28/h4-10H,11-12H2,1-3H3/b29-18+,30-19+. The molecule has 6 nitrogen and oxygen atoms in total. The lowest BCUT2D eigenvalue weighted by atomic mass is 9.99. The van der Waals surface area contributed by atoms with Crippen molar-refractivity contribution in [2.24, 2.45) is 10.3 Å². The van der Waals surface area contributed by atoms with E-state index in [4.69, 9.17) is 4.84 Å². The first kappa shape index (κ1) is 26.7. The van der Waals surface area contributed by atoms with Gasteiger partial charge in [0.15, 0.2) is 5.71 Å². The monoisotopic (exact) mass is 490 g/mol. The summed E-state index contributed by atoms with van der Waals surface area (Å²) in [6.07, 6.45) is -11.1. The van der Waals surface area contributed by atoms with Gasteiger partial charge in [-0.3, -0.25) is 0 Å². The van der Waals surface area contributed by atoms with Crippen molar-refractivity contribution in [3.05, 3.63) is 70.3 Å². The zero-order valence-electron chi connectivity index (χ0n) is 18.3. The molecule has 0 heterocycles. The topological polar surface area (TPSA) is 69.5 Å². The first-order valence-electron chi connectivity index (χ1n) is 9.59. The molecule has 2 rings (SSSR count). The molecule has 2 aromatic carbocycles. The van der Waals surface area contributed by atoms with Crippen LogP contribution in [0.3, 0.4) is 0 Å². The summed E-state index contributed by atoms with van der Waals surface area (Å²) in [7, 11) is 2.33. The minimum absolute atomic E-state index is 0.218. The minimum atomic E-state index is -4.76. The number of hydrogen-bond acceptors (Lipinski definition) is 6. The van der Waals surface area contributed by atoms with E-state index >= 15 is 0 Å². The number of ether oxygens (including phenoxy) is 1. The molecule has 0 bridgehead atoms. The number of halogens is 6. The molecule has 2 aromatic rings. The minimum Gasteiger partial charge on any atom is -0.464 e. The Balaban J connectivity index is 2.44. The van der Waals surface area contributed by atoms with Crippen molar-refractivity contribution in [3.63, 3.8) is 0 Å². The predicted molar refractivity (Wildman–Crippen MR) is 110 cm³/mol. The highest BCUT2D eigenvalue weighted by Gasteiger charge is 2.34. The predicted octanol–water partition coefficient (Wildman–Crippen LogP) is 5.41. The summed E-state index contributed by atoms with van der Waals surface area (Å²) in [4.78, 5) is 21.9. The lowest BCUT2D eigenvalue weighted by Gasteiger charge is -2.14. The number of alkyl halides is 6. The van der Waals surface area contributed by atoms with E-state index in [-0.39, 0.29) is 11.3 Å². The molecule has 0 atom stereocenters. The van der Waals surface area contributed by atoms with Gasteiger partial charge in [-0.15, -0.1) is 0 Å². The van der Waals surface area contributed by atoms with Crippen LogP contribution >= 0.6 is 0 Å². The molecular weight excluding hydrogens is 470 g/mol. The molecule has 0 saturated carbocycles. The van der Waals surface area contributed by atoms with Crippen molar-refractivity contribution < 1.29 is 45.5 Å². The van der Waals surface area contributed by atoms with Crippen molar-refractivity contribution in [2.75, 3.05) is 14.2 Å². The number of oxime groups is 2. The van der Waals surface area contributed by atoms with Gasteiger partial charge >= 0.3 is 18.3 Å². The van der Waals surface area contributed by atoms with Gasteiger partial charge in [-0.25, -0.2) is 4.79 Å². The number of rotatable bonds is 8. The van der Waals surface area contributed by atoms with Gasteiger partial charge in [-0.05, 0) is 24.6 Å². The average molecular weight is 490 g/mol. The maximum atomic E-state index is 13.1. The number of carbonyl (C=O) groups is 1. The summed E-state index contributed by atoms with van der Waals surface area (Å²) in [5.41, 5.74) is -1.34. The van der Waals surface area contributed by atoms with Gasteiger partial charge in [0.05, 0.1) is 24.8 Å². The van der Waals surface area contributed by atoms with Crippen LogP contribution in [0.5, 0.6) is 0 Å². The quantitative estimate of drug-likeness (QED) is 0.215. The van der Waals surface area contributed by atoms with Crippen LogP contribution in [-0.4, -0.2) is 37.8 Å². The number of carbonyl (C=O) groups excluding carboxylic acids is 1. The molecule has 0 aliphatic rings. The summed E-state index contributed by atoms with van der Waals surface area (Å²) in [5.74, 6) is -0.834. The van der Waals surface area contributed by atoms with Gasteiger partial charge in [0.25, 0.3) is 0 Å². The molecule has 0 radical (unpaired) electrons. The normalized spacial score (nSPS) is 13.0. The lowest BCUT2D eigenvalue weighted by Crippen LogP contribution is -2.20. The van der Waals surface area contributed by atoms with E-state index < -0.39 is 48.2 Å². The summed E-state index contributed by atoms with van der Waals surface area (Å²) in [5, 5.41) is 7.13. The van der Waals surface area contributed by atoms with E-state index in [9.17, 15) is 31.1 Å². The van der Waals surface area contributed by atoms with Crippen molar-refractivity contribution in [1.82, 2.24) is 0 Å². The van der Waals surface area contributed by atoms with Crippen LogP contribution in [-0.2, 0) is 32.0 Å². The van der Waals surface area contributed by atoms with Crippen LogP contribution in [0, 0.1) is 6.92 Å². The molecule has 0 amide bonds. The van der Waals surface area contributed by atoms with E-state index in [1.165, 1.54) is 13.2 Å². The zero-order valence-corrected chi connectivity index (χ0v) is 18.3. The molecule has 0 fully saturated rings. The Morgan fingerprint density at radius 1 is 0.971 bits per heavy atom.